The van der Waals surface area contributed by atoms with Crippen molar-refractivity contribution in [3.8, 4) is 6.07 Å². The van der Waals surface area contributed by atoms with E-state index in [-0.39, 0.29) is 34.3 Å². The fourth-order valence-corrected chi connectivity index (χ4v) is 3.97. The lowest BCUT2D eigenvalue weighted by molar-refractivity contribution is -0.137. The van der Waals surface area contributed by atoms with Gasteiger partial charge in [0.15, 0.2) is 0 Å². The second-order valence-corrected chi connectivity index (χ2v) is 7.83. The SMILES string of the molecule is N#Cc1cn(Cc2ccc(C(F)(F)F)cc2F)c2cc(N3CCCNCC3)c(F)cc2c1=O. The molecule has 10 heteroatoms. The van der Waals surface area contributed by atoms with Crippen molar-refractivity contribution >= 4 is 16.6 Å². The molecule has 0 atom stereocenters. The molecule has 0 bridgehead atoms. The van der Waals surface area contributed by atoms with Crippen molar-refractivity contribution in [3.05, 3.63) is 75.1 Å². The van der Waals surface area contributed by atoms with Crippen molar-refractivity contribution in [2.75, 3.05) is 31.1 Å². The monoisotopic (exact) mass is 462 g/mol. The van der Waals surface area contributed by atoms with Gasteiger partial charge in [-0.2, -0.15) is 18.4 Å². The van der Waals surface area contributed by atoms with Gasteiger partial charge in [0.1, 0.15) is 23.3 Å². The largest absolute Gasteiger partial charge is 0.416 e. The Morgan fingerprint density at radius 2 is 1.85 bits per heavy atom. The van der Waals surface area contributed by atoms with Gasteiger partial charge in [-0.05, 0) is 37.2 Å². The van der Waals surface area contributed by atoms with Crippen LogP contribution in [0.3, 0.4) is 0 Å². The maximum atomic E-state index is 15.0. The zero-order chi connectivity index (χ0) is 23.8. The first-order valence-corrected chi connectivity index (χ1v) is 10.3. The zero-order valence-corrected chi connectivity index (χ0v) is 17.3. The number of hydrogen-bond acceptors (Lipinski definition) is 4. The van der Waals surface area contributed by atoms with Crippen molar-refractivity contribution in [1.82, 2.24) is 9.88 Å². The minimum Gasteiger partial charge on any atom is -0.368 e. The third kappa shape index (κ3) is 4.54. The second-order valence-electron chi connectivity index (χ2n) is 7.83. The molecule has 3 aromatic rings. The van der Waals surface area contributed by atoms with Crippen LogP contribution in [0.4, 0.5) is 27.6 Å². The molecular formula is C23H19F5N4O. The Morgan fingerprint density at radius 3 is 2.55 bits per heavy atom. The number of nitrogens with one attached hydrogen (secondary N) is 1. The van der Waals surface area contributed by atoms with Crippen LogP contribution in [0.15, 0.2) is 41.3 Å². The maximum Gasteiger partial charge on any atom is 0.416 e. The van der Waals surface area contributed by atoms with Crippen molar-refractivity contribution in [2.45, 2.75) is 19.1 Å². The molecule has 1 fully saturated rings. The molecule has 172 valence electrons. The highest BCUT2D eigenvalue weighted by molar-refractivity contribution is 5.84. The third-order valence-electron chi connectivity index (χ3n) is 5.67. The van der Waals surface area contributed by atoms with E-state index < -0.39 is 28.8 Å². The van der Waals surface area contributed by atoms with Crippen LogP contribution in [0.5, 0.6) is 0 Å². The van der Waals surface area contributed by atoms with Gasteiger partial charge in [-0.15, -0.1) is 0 Å². The van der Waals surface area contributed by atoms with E-state index in [9.17, 15) is 32.0 Å². The molecule has 2 aromatic carbocycles. The van der Waals surface area contributed by atoms with E-state index in [1.54, 1.807) is 6.07 Å². The Kier molecular flexibility index (Phi) is 6.08. The van der Waals surface area contributed by atoms with Crippen molar-refractivity contribution < 1.29 is 22.0 Å². The minimum absolute atomic E-state index is 0.0597. The molecular weight excluding hydrogens is 443 g/mol. The molecule has 1 aliphatic heterocycles. The number of aromatic nitrogens is 1. The maximum absolute atomic E-state index is 15.0. The quantitative estimate of drug-likeness (QED) is 0.598. The van der Waals surface area contributed by atoms with E-state index in [1.807, 2.05) is 4.90 Å². The predicted molar refractivity (Wildman–Crippen MR) is 113 cm³/mol. The topological polar surface area (TPSA) is 61.1 Å². The van der Waals surface area contributed by atoms with Crippen molar-refractivity contribution in [2.24, 2.45) is 0 Å². The lowest BCUT2D eigenvalue weighted by Crippen LogP contribution is -2.29. The lowest BCUT2D eigenvalue weighted by Gasteiger charge is -2.24. The van der Waals surface area contributed by atoms with Crippen molar-refractivity contribution in [3.63, 3.8) is 0 Å². The number of pyridine rings is 1. The number of rotatable bonds is 3. The van der Waals surface area contributed by atoms with Crippen LogP contribution in [0.25, 0.3) is 10.9 Å². The zero-order valence-electron chi connectivity index (χ0n) is 17.3. The predicted octanol–water partition coefficient (Wildman–Crippen LogP) is 4.02. The van der Waals surface area contributed by atoms with E-state index in [2.05, 4.69) is 5.32 Å². The second kappa shape index (κ2) is 8.83. The summed E-state index contributed by atoms with van der Waals surface area (Å²) in [6.45, 7) is 2.31. The molecule has 33 heavy (non-hydrogen) atoms. The van der Waals surface area contributed by atoms with E-state index in [4.69, 9.17) is 0 Å². The van der Waals surface area contributed by atoms with Gasteiger partial charge < -0.3 is 14.8 Å². The molecule has 0 unspecified atom stereocenters. The van der Waals surface area contributed by atoms with Gasteiger partial charge in [0.25, 0.3) is 0 Å². The first-order valence-electron chi connectivity index (χ1n) is 10.3. The Labute approximate surface area is 185 Å². The van der Waals surface area contributed by atoms with Crippen LogP contribution >= 0.6 is 0 Å². The Bertz CT molecular complexity index is 1300. The fraction of sp³-hybridized carbons (Fsp3) is 0.304. The fourth-order valence-electron chi connectivity index (χ4n) is 3.97. The lowest BCUT2D eigenvalue weighted by atomic mass is 10.1. The van der Waals surface area contributed by atoms with Crippen LogP contribution in [-0.2, 0) is 12.7 Å². The van der Waals surface area contributed by atoms with Crippen molar-refractivity contribution in [1.29, 1.82) is 5.26 Å². The molecule has 2 heterocycles. The van der Waals surface area contributed by atoms with Crippen LogP contribution in [0, 0.1) is 23.0 Å². The summed E-state index contributed by atoms with van der Waals surface area (Å²) < 4.78 is 69.5. The molecule has 0 radical (unpaired) electrons. The summed E-state index contributed by atoms with van der Waals surface area (Å²) in [4.78, 5) is 14.5. The number of fused-ring (bicyclic) bond motifs is 1. The summed E-state index contributed by atoms with van der Waals surface area (Å²) in [5.74, 6) is -1.69. The normalized spacial score (nSPS) is 14.8. The summed E-state index contributed by atoms with van der Waals surface area (Å²) in [5, 5.41) is 12.5. The highest BCUT2D eigenvalue weighted by Gasteiger charge is 2.31. The highest BCUT2D eigenvalue weighted by Crippen LogP contribution is 2.31. The van der Waals surface area contributed by atoms with Gasteiger partial charge >= 0.3 is 6.18 Å². The van der Waals surface area contributed by atoms with Gasteiger partial charge in [0, 0.05) is 31.4 Å². The number of anilines is 1. The molecule has 1 N–H and O–H groups in total. The van der Waals surface area contributed by atoms with E-state index in [0.717, 1.165) is 31.2 Å². The summed E-state index contributed by atoms with van der Waals surface area (Å²) in [7, 11) is 0. The van der Waals surface area contributed by atoms with Crippen LogP contribution in [0.1, 0.15) is 23.1 Å². The molecule has 1 aliphatic rings. The number of nitrogens with zero attached hydrogens (tertiary/aromatic N) is 3. The first-order chi connectivity index (χ1) is 15.7. The Morgan fingerprint density at radius 1 is 1.06 bits per heavy atom. The third-order valence-corrected chi connectivity index (χ3v) is 5.67. The van der Waals surface area contributed by atoms with Gasteiger partial charge in [-0.3, -0.25) is 4.79 Å². The number of alkyl halides is 3. The molecule has 0 saturated carbocycles. The van der Waals surface area contributed by atoms with Gasteiger partial charge in [-0.1, -0.05) is 6.07 Å². The van der Waals surface area contributed by atoms with Crippen LogP contribution in [0.2, 0.25) is 0 Å². The van der Waals surface area contributed by atoms with Gasteiger partial charge in [-0.25, -0.2) is 8.78 Å². The van der Waals surface area contributed by atoms with Gasteiger partial charge in [0.2, 0.25) is 5.43 Å². The minimum atomic E-state index is -4.69. The molecule has 1 aromatic heterocycles. The average molecular weight is 462 g/mol. The molecule has 0 spiro atoms. The van der Waals surface area contributed by atoms with Crippen LogP contribution < -0.4 is 15.6 Å². The number of halogens is 5. The summed E-state index contributed by atoms with van der Waals surface area (Å²) in [6, 6.07) is 6.46. The average Bonchev–Trinajstić information content (AvgIpc) is 3.05. The summed E-state index contributed by atoms with van der Waals surface area (Å²) >= 11 is 0. The number of hydrogen-bond donors (Lipinski definition) is 1. The van der Waals surface area contributed by atoms with E-state index >= 15 is 0 Å². The first kappa shape index (κ1) is 22.7. The number of nitriles is 1. The van der Waals surface area contributed by atoms with Crippen LogP contribution in [-0.4, -0.2) is 30.7 Å². The summed E-state index contributed by atoms with van der Waals surface area (Å²) in [5.41, 5.74) is -1.61. The molecule has 0 amide bonds. The molecule has 1 saturated heterocycles. The Hall–Kier alpha value is -3.45. The Balaban J connectivity index is 1.85. The molecule has 5 nitrogen and oxygen atoms in total. The summed E-state index contributed by atoms with van der Waals surface area (Å²) in [6.07, 6.45) is -2.69. The van der Waals surface area contributed by atoms with E-state index in [0.29, 0.717) is 25.7 Å². The molecule has 0 aliphatic carbocycles. The number of benzene rings is 2. The van der Waals surface area contributed by atoms with Gasteiger partial charge in [0.05, 0.1) is 28.7 Å². The highest BCUT2D eigenvalue weighted by atomic mass is 19.4. The van der Waals surface area contributed by atoms with E-state index in [1.165, 1.54) is 16.8 Å². The smallest absolute Gasteiger partial charge is 0.368 e. The standard InChI is InChI=1S/C23H19F5N4O/c24-18-8-16(23(26,27)28)3-2-14(18)12-32-13-15(11-29)22(33)17-9-19(25)21(10-20(17)32)31-6-1-4-30-5-7-31/h2-3,8-10,13,30H,1,4-7,12H2. The molecule has 4 rings (SSSR count).